The summed E-state index contributed by atoms with van der Waals surface area (Å²) in [6.45, 7) is 11.4. The summed E-state index contributed by atoms with van der Waals surface area (Å²) in [4.78, 5) is 10.5. The summed E-state index contributed by atoms with van der Waals surface area (Å²) in [6, 6.07) is 0. The third kappa shape index (κ3) is 3.91. The van der Waals surface area contributed by atoms with E-state index >= 15 is 0 Å². The molecule has 0 radical (unpaired) electrons. The first kappa shape index (κ1) is 13.7. The zero-order valence-corrected chi connectivity index (χ0v) is 12.0. The molecule has 5 nitrogen and oxygen atoms in total. The summed E-state index contributed by atoms with van der Waals surface area (Å²) >= 11 is 1.64. The lowest BCUT2D eigenvalue weighted by molar-refractivity contribution is 0.118. The van der Waals surface area contributed by atoms with Crippen molar-refractivity contribution in [3.8, 4) is 0 Å². The lowest BCUT2D eigenvalue weighted by atomic mass is 10.2. The Balaban J connectivity index is 1.76. The van der Waals surface area contributed by atoms with Gasteiger partial charge in [-0.3, -0.25) is 10.3 Å². The molecule has 0 aliphatic carbocycles. The van der Waals surface area contributed by atoms with Gasteiger partial charge in [-0.1, -0.05) is 25.2 Å². The molecule has 1 aliphatic rings. The molecule has 0 saturated carbocycles. The fourth-order valence-corrected chi connectivity index (χ4v) is 3.08. The maximum Gasteiger partial charge on any atom is 0.197 e. The van der Waals surface area contributed by atoms with Crippen LogP contribution in [0.15, 0.2) is 6.20 Å². The number of piperazine rings is 1. The van der Waals surface area contributed by atoms with Gasteiger partial charge in [0.15, 0.2) is 5.13 Å². The molecule has 1 aliphatic heterocycles. The Morgan fingerprint density at radius 3 is 2.56 bits per heavy atom. The van der Waals surface area contributed by atoms with E-state index in [9.17, 15) is 0 Å². The summed E-state index contributed by atoms with van der Waals surface area (Å²) in [7, 11) is 0. The molecular formula is C12H23N5S. The normalized spacial score (nSPS) is 18.4. The maximum atomic E-state index is 5.34. The van der Waals surface area contributed by atoms with E-state index in [1.807, 2.05) is 6.20 Å². The fraction of sp³-hybridized carbons (Fsp3) is 0.750. The van der Waals surface area contributed by atoms with Crippen molar-refractivity contribution in [2.75, 3.05) is 38.1 Å². The number of hydrogen-bond donors (Lipinski definition) is 2. The molecule has 1 saturated heterocycles. The number of rotatable bonds is 5. The van der Waals surface area contributed by atoms with E-state index in [0.29, 0.717) is 0 Å². The number of anilines is 1. The predicted molar refractivity (Wildman–Crippen MR) is 76.5 cm³/mol. The molecule has 6 heteroatoms. The number of nitrogens with two attached hydrogens (primary N) is 1. The van der Waals surface area contributed by atoms with E-state index in [2.05, 4.69) is 34.1 Å². The predicted octanol–water partition coefficient (Wildman–Crippen LogP) is 1.20. The van der Waals surface area contributed by atoms with Gasteiger partial charge in [-0.05, 0) is 5.92 Å². The summed E-state index contributed by atoms with van der Waals surface area (Å²) in [5.74, 6) is 6.10. The van der Waals surface area contributed by atoms with Crippen molar-refractivity contribution < 1.29 is 0 Å². The Kier molecular flexibility index (Phi) is 4.94. The average molecular weight is 269 g/mol. The van der Waals surface area contributed by atoms with Crippen LogP contribution in [0.5, 0.6) is 0 Å². The highest BCUT2D eigenvalue weighted by Gasteiger charge is 2.18. The van der Waals surface area contributed by atoms with Crippen LogP contribution in [0.3, 0.4) is 0 Å². The fourth-order valence-electron chi connectivity index (χ4n) is 2.31. The zero-order chi connectivity index (χ0) is 13.0. The second kappa shape index (κ2) is 6.47. The van der Waals surface area contributed by atoms with E-state index in [4.69, 9.17) is 5.84 Å². The largest absolute Gasteiger partial charge is 0.301 e. The third-order valence-electron chi connectivity index (χ3n) is 3.14. The molecule has 102 valence electrons. The lowest BCUT2D eigenvalue weighted by Crippen LogP contribution is -2.46. The monoisotopic (exact) mass is 269 g/mol. The van der Waals surface area contributed by atoms with E-state index < -0.39 is 0 Å². The van der Waals surface area contributed by atoms with E-state index in [-0.39, 0.29) is 0 Å². The standard InChI is InChI=1S/C12H23N5S/c1-10(2)8-16-3-5-17(6-4-16)9-11-7-14-12(15-13)18-11/h7,10H,3-6,8-9,13H2,1-2H3,(H,14,15). The molecule has 0 unspecified atom stereocenters. The number of nitrogens with one attached hydrogen (secondary N) is 1. The van der Waals surface area contributed by atoms with Crippen molar-refractivity contribution in [3.63, 3.8) is 0 Å². The Hall–Kier alpha value is -0.690. The van der Waals surface area contributed by atoms with Crippen molar-refractivity contribution in [2.45, 2.75) is 20.4 Å². The van der Waals surface area contributed by atoms with Crippen LogP contribution in [0.1, 0.15) is 18.7 Å². The minimum Gasteiger partial charge on any atom is -0.301 e. The molecule has 3 N–H and O–H groups in total. The Bertz CT molecular complexity index is 357. The summed E-state index contributed by atoms with van der Waals surface area (Å²) < 4.78 is 0. The molecule has 1 fully saturated rings. The quantitative estimate of drug-likeness (QED) is 0.621. The van der Waals surface area contributed by atoms with Crippen LogP contribution < -0.4 is 11.3 Å². The second-order valence-electron chi connectivity index (χ2n) is 5.25. The highest BCUT2D eigenvalue weighted by molar-refractivity contribution is 7.15. The van der Waals surface area contributed by atoms with Crippen LogP contribution in [0.2, 0.25) is 0 Å². The third-order valence-corrected chi connectivity index (χ3v) is 4.06. The first-order valence-corrected chi connectivity index (χ1v) is 7.35. The van der Waals surface area contributed by atoms with E-state index in [1.165, 1.54) is 24.5 Å². The topological polar surface area (TPSA) is 57.4 Å². The molecule has 0 bridgehead atoms. The van der Waals surface area contributed by atoms with E-state index in [0.717, 1.165) is 30.7 Å². The average Bonchev–Trinajstić information content (AvgIpc) is 2.79. The summed E-state index contributed by atoms with van der Waals surface area (Å²) in [6.07, 6.45) is 1.92. The van der Waals surface area contributed by atoms with Crippen molar-refractivity contribution in [1.82, 2.24) is 14.8 Å². The van der Waals surface area contributed by atoms with E-state index in [1.54, 1.807) is 11.3 Å². The maximum absolute atomic E-state index is 5.34. The molecule has 1 aromatic heterocycles. The highest BCUT2D eigenvalue weighted by atomic mass is 32.1. The number of hydrogen-bond acceptors (Lipinski definition) is 6. The number of aromatic nitrogens is 1. The molecule has 2 rings (SSSR count). The molecule has 2 heterocycles. The highest BCUT2D eigenvalue weighted by Crippen LogP contribution is 2.19. The van der Waals surface area contributed by atoms with Crippen LogP contribution in [0.25, 0.3) is 0 Å². The van der Waals surface area contributed by atoms with Crippen LogP contribution in [0.4, 0.5) is 5.13 Å². The summed E-state index contributed by atoms with van der Waals surface area (Å²) in [5.41, 5.74) is 2.59. The van der Waals surface area contributed by atoms with Crippen LogP contribution in [0, 0.1) is 5.92 Å². The Labute approximate surface area is 113 Å². The summed E-state index contributed by atoms with van der Waals surface area (Å²) in [5, 5.41) is 0.795. The molecule has 0 atom stereocenters. The van der Waals surface area contributed by atoms with Crippen LogP contribution in [-0.4, -0.2) is 47.5 Å². The minimum absolute atomic E-state index is 0.760. The number of nitrogen functional groups attached to an aromatic ring is 1. The smallest absolute Gasteiger partial charge is 0.197 e. The number of thiazole rings is 1. The van der Waals surface area contributed by atoms with Gasteiger partial charge in [0.05, 0.1) is 0 Å². The Morgan fingerprint density at radius 2 is 2.00 bits per heavy atom. The minimum atomic E-state index is 0.760. The van der Waals surface area contributed by atoms with Gasteiger partial charge in [-0.2, -0.15) is 0 Å². The molecule has 0 aromatic carbocycles. The van der Waals surface area contributed by atoms with Gasteiger partial charge < -0.3 is 4.90 Å². The van der Waals surface area contributed by atoms with Gasteiger partial charge in [0.25, 0.3) is 0 Å². The van der Waals surface area contributed by atoms with Gasteiger partial charge in [0, 0.05) is 50.3 Å². The molecule has 18 heavy (non-hydrogen) atoms. The van der Waals surface area contributed by atoms with Gasteiger partial charge in [-0.15, -0.1) is 0 Å². The van der Waals surface area contributed by atoms with Crippen LogP contribution >= 0.6 is 11.3 Å². The van der Waals surface area contributed by atoms with Crippen molar-refractivity contribution in [1.29, 1.82) is 0 Å². The molecular weight excluding hydrogens is 246 g/mol. The number of hydrazine groups is 1. The molecule has 0 spiro atoms. The first-order valence-electron chi connectivity index (χ1n) is 6.53. The van der Waals surface area contributed by atoms with Crippen molar-refractivity contribution in [2.24, 2.45) is 11.8 Å². The lowest BCUT2D eigenvalue weighted by Gasteiger charge is -2.35. The van der Waals surface area contributed by atoms with Crippen molar-refractivity contribution >= 4 is 16.5 Å². The van der Waals surface area contributed by atoms with Gasteiger partial charge in [0.2, 0.25) is 0 Å². The van der Waals surface area contributed by atoms with Gasteiger partial charge >= 0.3 is 0 Å². The van der Waals surface area contributed by atoms with Gasteiger partial charge in [0.1, 0.15) is 0 Å². The number of nitrogens with zero attached hydrogens (tertiary/aromatic N) is 3. The van der Waals surface area contributed by atoms with Crippen molar-refractivity contribution in [3.05, 3.63) is 11.1 Å². The molecule has 1 aromatic rings. The second-order valence-corrected chi connectivity index (χ2v) is 6.36. The zero-order valence-electron chi connectivity index (χ0n) is 11.2. The first-order chi connectivity index (χ1) is 8.67. The van der Waals surface area contributed by atoms with Crippen LogP contribution in [-0.2, 0) is 6.54 Å². The Morgan fingerprint density at radius 1 is 1.33 bits per heavy atom. The molecule has 0 amide bonds. The van der Waals surface area contributed by atoms with Gasteiger partial charge in [-0.25, -0.2) is 10.8 Å². The SMILES string of the molecule is CC(C)CN1CCN(Cc2cnc(NN)s2)CC1.